The number of benzene rings is 1. The van der Waals surface area contributed by atoms with Crippen LogP contribution in [0.25, 0.3) is 0 Å². The van der Waals surface area contributed by atoms with Gasteiger partial charge >= 0.3 is 0 Å². The number of hydrogen-bond donors (Lipinski definition) is 1. The van der Waals surface area contributed by atoms with Crippen LogP contribution in [-0.2, 0) is 0 Å². The van der Waals surface area contributed by atoms with Gasteiger partial charge in [0.1, 0.15) is 0 Å². The summed E-state index contributed by atoms with van der Waals surface area (Å²) in [5, 5.41) is 0. The molecule has 0 saturated heterocycles. The molecular weight excluding hydrogens is 190 g/mol. The highest BCUT2D eigenvalue weighted by Crippen LogP contribution is 2.41. The second-order valence-corrected chi connectivity index (χ2v) is 5.22. The summed E-state index contributed by atoms with van der Waals surface area (Å²) in [6, 6.07) is 10.5. The fourth-order valence-corrected chi connectivity index (χ4v) is 2.95. The summed E-state index contributed by atoms with van der Waals surface area (Å²) in [7, 11) is 0. The Bertz CT molecular complexity index is 310. The second-order valence-electron chi connectivity index (χ2n) is 3.68. The molecule has 2 rings (SSSR count). The molecule has 0 saturated carbocycles. The molecule has 0 heterocycles. The molecule has 0 radical (unpaired) electrons. The Hall–Kier alpha value is -0.730. The minimum absolute atomic E-state index is 0.224. The molecular formula is C12H15NS. The molecule has 1 aromatic carbocycles. The van der Waals surface area contributed by atoms with Gasteiger partial charge in [-0.2, -0.15) is 0 Å². The van der Waals surface area contributed by atoms with Crippen LogP contribution in [0.1, 0.15) is 12.8 Å². The van der Waals surface area contributed by atoms with E-state index in [1.165, 1.54) is 4.90 Å². The lowest BCUT2D eigenvalue weighted by molar-refractivity contribution is 0.641. The summed E-state index contributed by atoms with van der Waals surface area (Å²) in [6.45, 7) is 0.750. The maximum Gasteiger partial charge on any atom is 0.0397 e. The largest absolute Gasteiger partial charge is 0.329 e. The minimum Gasteiger partial charge on any atom is -0.329 e. The molecule has 0 amide bonds. The fourth-order valence-electron chi connectivity index (χ4n) is 1.71. The number of allylic oxidation sites excluding steroid dienone is 2. The smallest absolute Gasteiger partial charge is 0.0397 e. The summed E-state index contributed by atoms with van der Waals surface area (Å²) in [4.78, 5) is 1.32. The third-order valence-electron chi connectivity index (χ3n) is 2.60. The van der Waals surface area contributed by atoms with E-state index in [4.69, 9.17) is 5.73 Å². The fraction of sp³-hybridized carbons (Fsp3) is 0.333. The first-order valence-electron chi connectivity index (χ1n) is 4.94. The molecule has 0 unspecified atom stereocenters. The predicted molar refractivity (Wildman–Crippen MR) is 62.5 cm³/mol. The minimum atomic E-state index is 0.224. The van der Waals surface area contributed by atoms with Crippen LogP contribution in [0.5, 0.6) is 0 Å². The average molecular weight is 205 g/mol. The van der Waals surface area contributed by atoms with Crippen LogP contribution < -0.4 is 5.73 Å². The van der Waals surface area contributed by atoms with Crippen LogP contribution in [0.2, 0.25) is 0 Å². The lowest BCUT2D eigenvalue weighted by Crippen LogP contribution is -2.31. The number of thioether (sulfide) groups is 1. The maximum absolute atomic E-state index is 5.86. The van der Waals surface area contributed by atoms with Gasteiger partial charge in [-0.25, -0.2) is 0 Å². The zero-order chi connectivity index (χ0) is 9.86. The zero-order valence-electron chi connectivity index (χ0n) is 8.15. The molecule has 0 aromatic heterocycles. The van der Waals surface area contributed by atoms with Gasteiger partial charge in [-0.05, 0) is 25.0 Å². The topological polar surface area (TPSA) is 26.0 Å². The lowest BCUT2D eigenvalue weighted by Gasteiger charge is -2.26. The quantitative estimate of drug-likeness (QED) is 0.768. The lowest BCUT2D eigenvalue weighted by atomic mass is 10.1. The van der Waals surface area contributed by atoms with Crippen LogP contribution in [0.3, 0.4) is 0 Å². The van der Waals surface area contributed by atoms with Gasteiger partial charge in [0.25, 0.3) is 0 Å². The Morgan fingerprint density at radius 3 is 2.36 bits per heavy atom. The highest BCUT2D eigenvalue weighted by atomic mass is 32.2. The summed E-state index contributed by atoms with van der Waals surface area (Å²) in [6.07, 6.45) is 6.68. The van der Waals surface area contributed by atoms with Crippen LogP contribution in [0, 0.1) is 0 Å². The second kappa shape index (κ2) is 4.20. The van der Waals surface area contributed by atoms with Crippen molar-refractivity contribution in [1.29, 1.82) is 0 Å². The molecule has 14 heavy (non-hydrogen) atoms. The molecule has 74 valence electrons. The zero-order valence-corrected chi connectivity index (χ0v) is 8.96. The van der Waals surface area contributed by atoms with Gasteiger partial charge < -0.3 is 5.73 Å². The molecule has 1 nitrogen and oxygen atoms in total. The first-order valence-corrected chi connectivity index (χ1v) is 5.75. The van der Waals surface area contributed by atoms with Crippen molar-refractivity contribution in [1.82, 2.24) is 0 Å². The van der Waals surface area contributed by atoms with Crippen LogP contribution in [-0.4, -0.2) is 11.3 Å². The Balaban J connectivity index is 2.09. The molecule has 1 aromatic rings. The molecule has 0 aliphatic heterocycles. The molecule has 2 heteroatoms. The Labute approximate surface area is 89.4 Å². The van der Waals surface area contributed by atoms with Crippen molar-refractivity contribution in [2.24, 2.45) is 5.73 Å². The van der Waals surface area contributed by atoms with Crippen molar-refractivity contribution >= 4 is 11.8 Å². The Kier molecular flexibility index (Phi) is 2.94. The number of rotatable bonds is 3. The van der Waals surface area contributed by atoms with Gasteiger partial charge in [-0.1, -0.05) is 30.4 Å². The molecule has 1 aliphatic rings. The van der Waals surface area contributed by atoms with E-state index in [1.54, 1.807) is 0 Å². The Morgan fingerprint density at radius 1 is 1.14 bits per heavy atom. The van der Waals surface area contributed by atoms with Crippen LogP contribution in [0.15, 0.2) is 47.4 Å². The van der Waals surface area contributed by atoms with Crippen molar-refractivity contribution in [2.75, 3.05) is 6.54 Å². The Morgan fingerprint density at radius 2 is 1.79 bits per heavy atom. The first kappa shape index (κ1) is 9.81. The SMILES string of the molecule is NCC1(Sc2ccccc2)CC=CC1. The highest BCUT2D eigenvalue weighted by molar-refractivity contribution is 8.00. The van der Waals surface area contributed by atoms with E-state index in [9.17, 15) is 0 Å². The van der Waals surface area contributed by atoms with Gasteiger partial charge in [0.05, 0.1) is 0 Å². The van der Waals surface area contributed by atoms with E-state index in [-0.39, 0.29) is 4.75 Å². The molecule has 0 atom stereocenters. The molecule has 0 spiro atoms. The molecule has 0 bridgehead atoms. The predicted octanol–water partition coefficient (Wildman–Crippen LogP) is 2.83. The monoisotopic (exact) mass is 205 g/mol. The molecule has 2 N–H and O–H groups in total. The number of hydrogen-bond acceptors (Lipinski definition) is 2. The number of nitrogens with two attached hydrogens (primary N) is 1. The van der Waals surface area contributed by atoms with Crippen molar-refractivity contribution in [3.05, 3.63) is 42.5 Å². The van der Waals surface area contributed by atoms with Gasteiger partial charge in [-0.3, -0.25) is 0 Å². The van der Waals surface area contributed by atoms with E-state index in [2.05, 4.69) is 36.4 Å². The van der Waals surface area contributed by atoms with Crippen molar-refractivity contribution < 1.29 is 0 Å². The van der Waals surface area contributed by atoms with Gasteiger partial charge in [0, 0.05) is 16.2 Å². The first-order chi connectivity index (χ1) is 6.85. The van der Waals surface area contributed by atoms with Gasteiger partial charge in [0.2, 0.25) is 0 Å². The summed E-state index contributed by atoms with van der Waals surface area (Å²) >= 11 is 1.91. The van der Waals surface area contributed by atoms with Crippen molar-refractivity contribution in [2.45, 2.75) is 22.5 Å². The van der Waals surface area contributed by atoms with Gasteiger partial charge in [-0.15, -0.1) is 11.8 Å². The van der Waals surface area contributed by atoms with E-state index in [0.717, 1.165) is 19.4 Å². The summed E-state index contributed by atoms with van der Waals surface area (Å²) < 4.78 is 0.224. The maximum atomic E-state index is 5.86. The summed E-state index contributed by atoms with van der Waals surface area (Å²) in [5.41, 5.74) is 5.86. The van der Waals surface area contributed by atoms with E-state index in [1.807, 2.05) is 17.8 Å². The molecule has 0 fully saturated rings. The molecule has 1 aliphatic carbocycles. The van der Waals surface area contributed by atoms with E-state index < -0.39 is 0 Å². The highest BCUT2D eigenvalue weighted by Gasteiger charge is 2.30. The standard InChI is InChI=1S/C12H15NS/c13-10-12(8-4-5-9-12)14-11-6-2-1-3-7-11/h1-7H,8-10,13H2. The van der Waals surface area contributed by atoms with Crippen molar-refractivity contribution in [3.63, 3.8) is 0 Å². The third kappa shape index (κ3) is 2.02. The van der Waals surface area contributed by atoms with E-state index in [0.29, 0.717) is 0 Å². The van der Waals surface area contributed by atoms with Gasteiger partial charge in [0.15, 0.2) is 0 Å². The van der Waals surface area contributed by atoms with Crippen LogP contribution in [0.4, 0.5) is 0 Å². The third-order valence-corrected chi connectivity index (χ3v) is 4.04. The van der Waals surface area contributed by atoms with Crippen molar-refractivity contribution in [3.8, 4) is 0 Å². The average Bonchev–Trinajstić information content (AvgIpc) is 2.69. The van der Waals surface area contributed by atoms with Crippen LogP contribution >= 0.6 is 11.8 Å². The summed E-state index contributed by atoms with van der Waals surface area (Å²) in [5.74, 6) is 0. The normalized spacial score (nSPS) is 18.6. The van der Waals surface area contributed by atoms with E-state index >= 15 is 0 Å².